The van der Waals surface area contributed by atoms with Gasteiger partial charge in [0.25, 0.3) is 0 Å². The maximum absolute atomic E-state index is 3.87. The Bertz CT molecular complexity index is 238. The Morgan fingerprint density at radius 3 is 2.50 bits per heavy atom. The first-order chi connectivity index (χ1) is 8.56. The number of hydrogen-bond donors (Lipinski definition) is 2. The molecule has 0 bridgehead atoms. The molecule has 1 saturated carbocycles. The van der Waals surface area contributed by atoms with Gasteiger partial charge < -0.3 is 10.6 Å². The molecule has 2 nitrogen and oxygen atoms in total. The van der Waals surface area contributed by atoms with Crippen LogP contribution in [0.4, 0.5) is 0 Å². The third-order valence-corrected chi connectivity index (χ3v) is 4.72. The van der Waals surface area contributed by atoms with Crippen LogP contribution in [0.3, 0.4) is 0 Å². The van der Waals surface area contributed by atoms with E-state index < -0.39 is 0 Å². The third kappa shape index (κ3) is 4.24. The van der Waals surface area contributed by atoms with Crippen LogP contribution in [-0.2, 0) is 0 Å². The summed E-state index contributed by atoms with van der Waals surface area (Å²) in [6.07, 6.45) is 9.78. The molecule has 2 heteroatoms. The van der Waals surface area contributed by atoms with E-state index in [9.17, 15) is 0 Å². The van der Waals surface area contributed by atoms with Crippen LogP contribution in [0.2, 0.25) is 0 Å². The van der Waals surface area contributed by atoms with Gasteiger partial charge in [-0.2, -0.15) is 0 Å². The van der Waals surface area contributed by atoms with Crippen molar-refractivity contribution in [2.75, 3.05) is 13.1 Å². The van der Waals surface area contributed by atoms with Crippen LogP contribution in [0.25, 0.3) is 0 Å². The second-order valence-electron chi connectivity index (χ2n) is 7.52. The Labute approximate surface area is 113 Å². The highest BCUT2D eigenvalue weighted by molar-refractivity contribution is 4.91. The topological polar surface area (TPSA) is 24.1 Å². The molecule has 1 saturated heterocycles. The van der Waals surface area contributed by atoms with E-state index in [0.717, 1.165) is 18.0 Å². The first-order valence-electron chi connectivity index (χ1n) is 8.03. The summed E-state index contributed by atoms with van der Waals surface area (Å²) in [4.78, 5) is 0. The van der Waals surface area contributed by atoms with Gasteiger partial charge in [-0.1, -0.05) is 33.6 Å². The summed E-state index contributed by atoms with van der Waals surface area (Å²) >= 11 is 0. The highest BCUT2D eigenvalue weighted by Gasteiger charge is 2.32. The largest absolute Gasteiger partial charge is 0.314 e. The lowest BCUT2D eigenvalue weighted by Crippen LogP contribution is -2.47. The average molecular weight is 252 g/mol. The van der Waals surface area contributed by atoms with E-state index in [-0.39, 0.29) is 0 Å². The molecule has 2 aliphatic rings. The van der Waals surface area contributed by atoms with E-state index in [1.165, 1.54) is 58.0 Å². The molecule has 106 valence electrons. The van der Waals surface area contributed by atoms with E-state index in [1.54, 1.807) is 0 Å². The minimum absolute atomic E-state index is 0.461. The van der Waals surface area contributed by atoms with Gasteiger partial charge in [0.15, 0.2) is 0 Å². The predicted octanol–water partition coefficient (Wildman–Crippen LogP) is 3.32. The number of rotatable bonds is 4. The molecule has 3 unspecified atom stereocenters. The van der Waals surface area contributed by atoms with Crippen LogP contribution < -0.4 is 10.6 Å². The fourth-order valence-electron chi connectivity index (χ4n) is 3.60. The Kier molecular flexibility index (Phi) is 5.08. The molecule has 0 amide bonds. The van der Waals surface area contributed by atoms with Gasteiger partial charge in [-0.05, 0) is 56.5 Å². The molecule has 0 spiro atoms. The SMILES string of the molecule is CC(C)(C)CCNC1CCCCC1C1CCCN1. The molecule has 0 aromatic heterocycles. The molecule has 2 N–H and O–H groups in total. The van der Waals surface area contributed by atoms with Crippen molar-refractivity contribution in [1.29, 1.82) is 0 Å². The third-order valence-electron chi connectivity index (χ3n) is 4.72. The first kappa shape index (κ1) is 14.3. The van der Waals surface area contributed by atoms with Crippen LogP contribution in [0, 0.1) is 11.3 Å². The van der Waals surface area contributed by atoms with Gasteiger partial charge in [-0.25, -0.2) is 0 Å². The van der Waals surface area contributed by atoms with E-state index in [1.807, 2.05) is 0 Å². The molecular weight excluding hydrogens is 220 g/mol. The van der Waals surface area contributed by atoms with Crippen molar-refractivity contribution in [3.8, 4) is 0 Å². The minimum atomic E-state index is 0.461. The maximum Gasteiger partial charge on any atom is 0.0111 e. The van der Waals surface area contributed by atoms with Crippen LogP contribution in [-0.4, -0.2) is 25.2 Å². The molecule has 0 aromatic carbocycles. The molecule has 1 aliphatic carbocycles. The van der Waals surface area contributed by atoms with Crippen molar-refractivity contribution in [2.45, 2.75) is 77.8 Å². The molecule has 18 heavy (non-hydrogen) atoms. The molecule has 1 heterocycles. The zero-order chi connectivity index (χ0) is 13.0. The number of hydrogen-bond acceptors (Lipinski definition) is 2. The van der Waals surface area contributed by atoms with Gasteiger partial charge in [0.05, 0.1) is 0 Å². The van der Waals surface area contributed by atoms with Crippen molar-refractivity contribution in [1.82, 2.24) is 10.6 Å². The standard InChI is InChI=1S/C16H32N2/c1-16(2,3)10-12-18-14-8-5-4-7-13(14)15-9-6-11-17-15/h13-15,17-18H,4-12H2,1-3H3. The quantitative estimate of drug-likeness (QED) is 0.802. The Hall–Kier alpha value is -0.0800. The van der Waals surface area contributed by atoms with Crippen molar-refractivity contribution in [3.05, 3.63) is 0 Å². The van der Waals surface area contributed by atoms with Gasteiger partial charge in [0.2, 0.25) is 0 Å². The smallest absolute Gasteiger partial charge is 0.0111 e. The zero-order valence-electron chi connectivity index (χ0n) is 12.6. The summed E-state index contributed by atoms with van der Waals surface area (Å²) in [6.45, 7) is 9.45. The minimum Gasteiger partial charge on any atom is -0.314 e. The van der Waals surface area contributed by atoms with Gasteiger partial charge >= 0.3 is 0 Å². The highest BCUT2D eigenvalue weighted by Crippen LogP contribution is 2.30. The second-order valence-corrected chi connectivity index (χ2v) is 7.52. The van der Waals surface area contributed by atoms with Crippen LogP contribution in [0.5, 0.6) is 0 Å². The van der Waals surface area contributed by atoms with Crippen molar-refractivity contribution in [2.24, 2.45) is 11.3 Å². The average Bonchev–Trinajstić information content (AvgIpc) is 2.81. The predicted molar refractivity (Wildman–Crippen MR) is 78.8 cm³/mol. The summed E-state index contributed by atoms with van der Waals surface area (Å²) in [5.74, 6) is 0.890. The number of nitrogens with one attached hydrogen (secondary N) is 2. The van der Waals surface area contributed by atoms with Gasteiger partial charge in [-0.15, -0.1) is 0 Å². The fourth-order valence-corrected chi connectivity index (χ4v) is 3.60. The van der Waals surface area contributed by atoms with E-state index in [4.69, 9.17) is 0 Å². The first-order valence-corrected chi connectivity index (χ1v) is 8.03. The lowest BCUT2D eigenvalue weighted by atomic mass is 9.79. The van der Waals surface area contributed by atoms with Crippen molar-refractivity contribution >= 4 is 0 Å². The summed E-state index contributed by atoms with van der Waals surface area (Å²) in [5, 5.41) is 7.59. The van der Waals surface area contributed by atoms with E-state index in [0.29, 0.717) is 5.41 Å². The molecule has 2 rings (SSSR count). The zero-order valence-corrected chi connectivity index (χ0v) is 12.6. The Morgan fingerprint density at radius 2 is 1.83 bits per heavy atom. The maximum atomic E-state index is 3.87. The van der Waals surface area contributed by atoms with Crippen LogP contribution >= 0.6 is 0 Å². The Morgan fingerprint density at radius 1 is 1.06 bits per heavy atom. The van der Waals surface area contributed by atoms with E-state index >= 15 is 0 Å². The molecular formula is C16H32N2. The van der Waals surface area contributed by atoms with E-state index in [2.05, 4.69) is 31.4 Å². The monoisotopic (exact) mass is 252 g/mol. The normalized spacial score (nSPS) is 33.8. The van der Waals surface area contributed by atoms with Gasteiger partial charge in [0.1, 0.15) is 0 Å². The van der Waals surface area contributed by atoms with Crippen molar-refractivity contribution < 1.29 is 0 Å². The summed E-state index contributed by atoms with van der Waals surface area (Å²) in [5.41, 5.74) is 0.461. The lowest BCUT2D eigenvalue weighted by molar-refractivity contribution is 0.208. The molecule has 1 aliphatic heterocycles. The fraction of sp³-hybridized carbons (Fsp3) is 1.00. The highest BCUT2D eigenvalue weighted by atomic mass is 15.0. The van der Waals surface area contributed by atoms with Gasteiger partial charge in [0, 0.05) is 12.1 Å². The van der Waals surface area contributed by atoms with Crippen LogP contribution in [0.15, 0.2) is 0 Å². The molecule has 0 aromatic rings. The van der Waals surface area contributed by atoms with Crippen LogP contribution in [0.1, 0.15) is 65.7 Å². The summed E-state index contributed by atoms with van der Waals surface area (Å²) in [7, 11) is 0. The molecule has 0 radical (unpaired) electrons. The second kappa shape index (κ2) is 6.38. The van der Waals surface area contributed by atoms with Crippen molar-refractivity contribution in [3.63, 3.8) is 0 Å². The van der Waals surface area contributed by atoms with Gasteiger partial charge in [-0.3, -0.25) is 0 Å². The summed E-state index contributed by atoms with van der Waals surface area (Å²) < 4.78 is 0. The summed E-state index contributed by atoms with van der Waals surface area (Å²) in [6, 6.07) is 1.58. The Balaban J connectivity index is 1.80. The lowest BCUT2D eigenvalue weighted by Gasteiger charge is -2.37. The molecule has 3 atom stereocenters. The molecule has 2 fully saturated rings.